The summed E-state index contributed by atoms with van der Waals surface area (Å²) in [5, 5.41) is 3.66. The van der Waals surface area contributed by atoms with Gasteiger partial charge in [0.1, 0.15) is 5.82 Å². The molecule has 24 heavy (non-hydrogen) atoms. The fourth-order valence-corrected chi connectivity index (χ4v) is 3.64. The molecule has 1 aromatic rings. The van der Waals surface area contributed by atoms with Crippen molar-refractivity contribution in [3.8, 4) is 0 Å². The Labute approximate surface area is 143 Å². The molecule has 3 aliphatic heterocycles. The van der Waals surface area contributed by atoms with Gasteiger partial charge in [0.25, 0.3) is 0 Å². The summed E-state index contributed by atoms with van der Waals surface area (Å²) in [6, 6.07) is 11.6. The minimum Gasteiger partial charge on any atom is -0.367 e. The number of rotatable bonds is 3. The van der Waals surface area contributed by atoms with Gasteiger partial charge in [-0.1, -0.05) is 30.3 Å². The van der Waals surface area contributed by atoms with Crippen LogP contribution in [0.3, 0.4) is 0 Å². The van der Waals surface area contributed by atoms with Gasteiger partial charge in [0.15, 0.2) is 5.82 Å². The average molecular weight is 320 g/mol. The third-order valence-corrected chi connectivity index (χ3v) is 4.90. The third kappa shape index (κ3) is 2.73. The number of allylic oxidation sites excluding steroid dienone is 2. The summed E-state index contributed by atoms with van der Waals surface area (Å²) in [7, 11) is 0. The van der Waals surface area contributed by atoms with Gasteiger partial charge >= 0.3 is 0 Å². The van der Waals surface area contributed by atoms with Crippen molar-refractivity contribution in [2.75, 3.05) is 0 Å². The van der Waals surface area contributed by atoms with Crippen LogP contribution < -0.4 is 5.32 Å². The fourth-order valence-electron chi connectivity index (χ4n) is 3.64. The molecule has 4 rings (SSSR count). The standard InChI is InChI=1S/C20H24N4/c1-15-9-10-18-20(22-15)23-12-6-11-21-19(23)14-24(18)16(2)13-17-7-4-3-5-8-17/h3-8,11-12,14-16,22H,9-10,13H2,1-2H3. The molecule has 1 N–H and O–H groups in total. The topological polar surface area (TPSA) is 30.9 Å². The molecule has 0 radical (unpaired) electrons. The van der Waals surface area contributed by atoms with Gasteiger partial charge in [-0.2, -0.15) is 0 Å². The van der Waals surface area contributed by atoms with E-state index in [0.29, 0.717) is 12.1 Å². The van der Waals surface area contributed by atoms with Crippen LogP contribution in [0.4, 0.5) is 0 Å². The summed E-state index contributed by atoms with van der Waals surface area (Å²) in [6.45, 7) is 4.54. The lowest BCUT2D eigenvalue weighted by molar-refractivity contribution is 0.268. The van der Waals surface area contributed by atoms with Gasteiger partial charge in [0.2, 0.25) is 0 Å². The summed E-state index contributed by atoms with van der Waals surface area (Å²) in [6.07, 6.45) is 11.4. The van der Waals surface area contributed by atoms with Crippen molar-refractivity contribution in [1.82, 2.24) is 15.1 Å². The first kappa shape index (κ1) is 15.1. The molecule has 0 amide bonds. The van der Waals surface area contributed by atoms with Crippen LogP contribution in [0, 0.1) is 0 Å². The second-order valence-electron chi connectivity index (χ2n) is 6.80. The lowest BCUT2D eigenvalue weighted by Gasteiger charge is -2.43. The summed E-state index contributed by atoms with van der Waals surface area (Å²) < 4.78 is 0. The molecule has 124 valence electrons. The van der Waals surface area contributed by atoms with E-state index in [1.165, 1.54) is 17.1 Å². The van der Waals surface area contributed by atoms with Crippen molar-refractivity contribution < 1.29 is 0 Å². The van der Waals surface area contributed by atoms with E-state index in [4.69, 9.17) is 0 Å². The number of benzene rings is 1. The lowest BCUT2D eigenvalue weighted by Crippen LogP contribution is -2.46. The largest absolute Gasteiger partial charge is 0.367 e. The maximum absolute atomic E-state index is 4.57. The highest BCUT2D eigenvalue weighted by Gasteiger charge is 2.32. The Kier molecular flexibility index (Phi) is 3.89. The maximum Gasteiger partial charge on any atom is 0.154 e. The van der Waals surface area contributed by atoms with Gasteiger partial charge in [-0.3, -0.25) is 4.90 Å². The normalized spacial score (nSPS) is 23.4. The van der Waals surface area contributed by atoms with Crippen molar-refractivity contribution in [3.63, 3.8) is 0 Å². The molecule has 0 spiro atoms. The molecule has 1 aromatic carbocycles. The Balaban J connectivity index is 1.66. The van der Waals surface area contributed by atoms with Crippen LogP contribution in [0.15, 0.2) is 71.1 Å². The minimum absolute atomic E-state index is 0.392. The summed E-state index contributed by atoms with van der Waals surface area (Å²) in [5.41, 5.74) is 2.75. The zero-order valence-corrected chi connectivity index (χ0v) is 14.3. The molecule has 4 heteroatoms. The predicted molar refractivity (Wildman–Crippen MR) is 97.9 cm³/mol. The Morgan fingerprint density at radius 2 is 2.12 bits per heavy atom. The number of hydrogen-bond donors (Lipinski definition) is 1. The first-order chi connectivity index (χ1) is 11.7. The Hall–Kier alpha value is -2.49. The first-order valence-corrected chi connectivity index (χ1v) is 8.76. The van der Waals surface area contributed by atoms with E-state index in [1.54, 1.807) is 0 Å². The summed E-state index contributed by atoms with van der Waals surface area (Å²) in [5.74, 6) is 2.18. The molecule has 0 saturated heterocycles. The molecule has 0 saturated carbocycles. The monoisotopic (exact) mass is 320 g/mol. The Morgan fingerprint density at radius 3 is 2.96 bits per heavy atom. The number of nitrogens with zero attached hydrogens (tertiary/aromatic N) is 3. The van der Waals surface area contributed by atoms with Gasteiger partial charge < -0.3 is 10.2 Å². The summed E-state index contributed by atoms with van der Waals surface area (Å²) >= 11 is 0. The third-order valence-electron chi connectivity index (χ3n) is 4.90. The average Bonchev–Trinajstić information content (AvgIpc) is 2.61. The molecule has 4 nitrogen and oxygen atoms in total. The van der Waals surface area contributed by atoms with Crippen molar-refractivity contribution >= 4 is 6.21 Å². The maximum atomic E-state index is 4.57. The van der Waals surface area contributed by atoms with Crippen LogP contribution in [-0.2, 0) is 6.42 Å². The molecule has 3 aliphatic rings. The van der Waals surface area contributed by atoms with Gasteiger partial charge in [-0.25, -0.2) is 4.99 Å². The highest BCUT2D eigenvalue weighted by molar-refractivity contribution is 5.73. The van der Waals surface area contributed by atoms with Crippen molar-refractivity contribution in [2.24, 2.45) is 4.99 Å². The van der Waals surface area contributed by atoms with Crippen LogP contribution in [0.1, 0.15) is 32.3 Å². The highest BCUT2D eigenvalue weighted by Crippen LogP contribution is 2.34. The van der Waals surface area contributed by atoms with Gasteiger partial charge in [0.05, 0.1) is 5.70 Å². The van der Waals surface area contributed by atoms with Crippen molar-refractivity contribution in [3.05, 3.63) is 71.7 Å². The molecule has 0 aliphatic carbocycles. The SMILES string of the molecule is CC1CCC2=C(N1)N1C=CC=NC1=CN2C(C)Cc1ccccc1. The van der Waals surface area contributed by atoms with Gasteiger partial charge in [-0.05, 0) is 44.7 Å². The van der Waals surface area contributed by atoms with Crippen molar-refractivity contribution in [1.29, 1.82) is 0 Å². The number of fused-ring (bicyclic) bond motifs is 2. The smallest absolute Gasteiger partial charge is 0.154 e. The number of aliphatic imine (C=N–C) groups is 1. The Bertz CT molecular complexity index is 729. The fraction of sp³-hybridized carbons (Fsp3) is 0.350. The molecular formula is C20H24N4. The van der Waals surface area contributed by atoms with E-state index < -0.39 is 0 Å². The van der Waals surface area contributed by atoms with E-state index in [9.17, 15) is 0 Å². The quantitative estimate of drug-likeness (QED) is 0.923. The van der Waals surface area contributed by atoms with Gasteiger partial charge in [-0.15, -0.1) is 0 Å². The predicted octanol–water partition coefficient (Wildman–Crippen LogP) is 3.57. The molecular weight excluding hydrogens is 296 g/mol. The summed E-state index contributed by atoms with van der Waals surface area (Å²) in [4.78, 5) is 9.16. The molecule has 2 unspecified atom stereocenters. The van der Waals surface area contributed by atoms with Crippen LogP contribution in [0.5, 0.6) is 0 Å². The van der Waals surface area contributed by atoms with E-state index in [-0.39, 0.29) is 0 Å². The van der Waals surface area contributed by atoms with Crippen LogP contribution in [0.2, 0.25) is 0 Å². The van der Waals surface area contributed by atoms with Crippen LogP contribution in [-0.4, -0.2) is 28.1 Å². The van der Waals surface area contributed by atoms with E-state index in [1.807, 2.05) is 12.3 Å². The van der Waals surface area contributed by atoms with Crippen molar-refractivity contribution in [2.45, 2.75) is 45.2 Å². The first-order valence-electron chi connectivity index (χ1n) is 8.76. The van der Waals surface area contributed by atoms with Crippen LogP contribution in [0.25, 0.3) is 0 Å². The zero-order valence-electron chi connectivity index (χ0n) is 14.3. The van der Waals surface area contributed by atoms with Crippen LogP contribution >= 0.6 is 0 Å². The molecule has 3 heterocycles. The number of hydrogen-bond acceptors (Lipinski definition) is 4. The van der Waals surface area contributed by atoms with E-state index >= 15 is 0 Å². The molecule has 0 aromatic heterocycles. The highest BCUT2D eigenvalue weighted by atomic mass is 15.4. The second kappa shape index (κ2) is 6.19. The Morgan fingerprint density at radius 1 is 1.29 bits per heavy atom. The van der Waals surface area contributed by atoms with E-state index in [2.05, 4.69) is 76.7 Å². The second-order valence-corrected chi connectivity index (χ2v) is 6.80. The zero-order chi connectivity index (χ0) is 16.5. The number of nitrogens with one attached hydrogen (secondary N) is 1. The molecule has 0 bridgehead atoms. The van der Waals surface area contributed by atoms with E-state index in [0.717, 1.165) is 25.1 Å². The molecule has 2 atom stereocenters. The lowest BCUT2D eigenvalue weighted by atomic mass is 10.0. The molecule has 0 fully saturated rings. The minimum atomic E-state index is 0.392. The van der Waals surface area contributed by atoms with Gasteiger partial charge in [0, 0.05) is 30.7 Å².